The first-order valence-electron chi connectivity index (χ1n) is 5.34. The molecule has 5 nitrogen and oxygen atoms in total. The average molecular weight is 262 g/mol. The molecule has 18 heavy (non-hydrogen) atoms. The third-order valence-electron chi connectivity index (χ3n) is 2.51. The lowest BCUT2D eigenvalue weighted by molar-refractivity contribution is 0.101. The number of aromatic nitrogens is 2. The largest absolute Gasteiger partial charge is 0.396 e. The molecule has 0 saturated carbocycles. The maximum atomic E-state index is 12.1. The van der Waals surface area contributed by atoms with Crippen LogP contribution in [0.3, 0.4) is 0 Å². The molecule has 1 aromatic heterocycles. The van der Waals surface area contributed by atoms with Crippen LogP contribution in [-0.4, -0.2) is 21.9 Å². The quantitative estimate of drug-likeness (QED) is 0.830. The van der Waals surface area contributed by atoms with E-state index in [0.29, 0.717) is 11.4 Å². The Kier molecular flexibility index (Phi) is 3.57. The fourth-order valence-corrected chi connectivity index (χ4v) is 2.08. The number of hydrogen-bond acceptors (Lipinski definition) is 4. The number of benzene rings is 1. The highest BCUT2D eigenvalue weighted by atomic mass is 32.2. The molecule has 0 aliphatic carbocycles. The van der Waals surface area contributed by atoms with Crippen molar-refractivity contribution in [3.8, 4) is 0 Å². The van der Waals surface area contributed by atoms with Crippen LogP contribution in [0.4, 0.5) is 11.4 Å². The monoisotopic (exact) mass is 262 g/mol. The van der Waals surface area contributed by atoms with E-state index in [4.69, 9.17) is 5.73 Å². The van der Waals surface area contributed by atoms with Gasteiger partial charge in [-0.15, -0.1) is 11.8 Å². The SMILES string of the molecule is CSc1cccc(NC(=O)c2c(N)cnn2C)c1. The summed E-state index contributed by atoms with van der Waals surface area (Å²) < 4.78 is 1.46. The number of hydrogen-bond donors (Lipinski definition) is 2. The first-order chi connectivity index (χ1) is 8.61. The van der Waals surface area contributed by atoms with Gasteiger partial charge in [0, 0.05) is 17.6 Å². The molecule has 3 N–H and O–H groups in total. The molecule has 0 bridgehead atoms. The summed E-state index contributed by atoms with van der Waals surface area (Å²) in [6.45, 7) is 0. The number of thioether (sulfide) groups is 1. The molecule has 1 aromatic carbocycles. The number of carbonyl (C=O) groups is 1. The summed E-state index contributed by atoms with van der Waals surface area (Å²) in [6.07, 6.45) is 3.45. The van der Waals surface area contributed by atoms with E-state index in [2.05, 4.69) is 10.4 Å². The Bertz CT molecular complexity index is 560. The van der Waals surface area contributed by atoms with E-state index in [0.717, 1.165) is 10.6 Å². The van der Waals surface area contributed by atoms with Gasteiger partial charge in [-0.1, -0.05) is 6.07 Å². The highest BCUT2D eigenvalue weighted by molar-refractivity contribution is 7.98. The van der Waals surface area contributed by atoms with Gasteiger partial charge in [0.2, 0.25) is 0 Å². The van der Waals surface area contributed by atoms with Crippen molar-refractivity contribution >= 4 is 29.0 Å². The Balaban J connectivity index is 2.21. The van der Waals surface area contributed by atoms with Gasteiger partial charge in [0.25, 0.3) is 5.91 Å². The van der Waals surface area contributed by atoms with Crippen molar-refractivity contribution in [3.63, 3.8) is 0 Å². The Morgan fingerprint density at radius 3 is 2.89 bits per heavy atom. The molecule has 0 spiro atoms. The molecular weight excluding hydrogens is 248 g/mol. The average Bonchev–Trinajstić information content (AvgIpc) is 2.69. The van der Waals surface area contributed by atoms with E-state index in [9.17, 15) is 4.79 Å². The summed E-state index contributed by atoms with van der Waals surface area (Å²) in [5.41, 5.74) is 7.18. The van der Waals surface area contributed by atoms with Crippen LogP contribution in [0.1, 0.15) is 10.5 Å². The van der Waals surface area contributed by atoms with Gasteiger partial charge in [0.15, 0.2) is 0 Å². The summed E-state index contributed by atoms with van der Waals surface area (Å²) in [7, 11) is 1.68. The van der Waals surface area contributed by atoms with Crippen LogP contribution in [0.5, 0.6) is 0 Å². The molecule has 0 saturated heterocycles. The first kappa shape index (κ1) is 12.5. The van der Waals surface area contributed by atoms with Crippen LogP contribution in [-0.2, 0) is 7.05 Å². The van der Waals surface area contributed by atoms with E-state index in [-0.39, 0.29) is 5.91 Å². The van der Waals surface area contributed by atoms with Gasteiger partial charge in [-0.3, -0.25) is 9.48 Å². The van der Waals surface area contributed by atoms with Crippen LogP contribution in [0.15, 0.2) is 35.4 Å². The van der Waals surface area contributed by atoms with E-state index < -0.39 is 0 Å². The van der Waals surface area contributed by atoms with Crippen LogP contribution in [0.2, 0.25) is 0 Å². The predicted molar refractivity (Wildman–Crippen MR) is 73.8 cm³/mol. The molecule has 0 atom stereocenters. The molecule has 0 unspecified atom stereocenters. The zero-order valence-corrected chi connectivity index (χ0v) is 11.0. The van der Waals surface area contributed by atoms with Crippen molar-refractivity contribution in [2.45, 2.75) is 4.90 Å². The van der Waals surface area contributed by atoms with Crippen molar-refractivity contribution in [1.82, 2.24) is 9.78 Å². The number of carbonyl (C=O) groups excluding carboxylic acids is 1. The van der Waals surface area contributed by atoms with Crippen LogP contribution < -0.4 is 11.1 Å². The number of amides is 1. The molecule has 94 valence electrons. The van der Waals surface area contributed by atoms with E-state index in [1.807, 2.05) is 30.5 Å². The van der Waals surface area contributed by atoms with Gasteiger partial charge in [0.1, 0.15) is 5.69 Å². The number of nitrogens with two attached hydrogens (primary N) is 1. The molecule has 2 aromatic rings. The van der Waals surface area contributed by atoms with E-state index >= 15 is 0 Å². The Labute approximate surface area is 109 Å². The van der Waals surface area contributed by atoms with Crippen molar-refractivity contribution in [3.05, 3.63) is 36.2 Å². The van der Waals surface area contributed by atoms with Crippen LogP contribution >= 0.6 is 11.8 Å². The Morgan fingerprint density at radius 1 is 1.50 bits per heavy atom. The second-order valence-corrected chi connectivity index (χ2v) is 4.64. The Hall–Kier alpha value is -1.95. The van der Waals surface area contributed by atoms with E-state index in [1.165, 1.54) is 10.9 Å². The van der Waals surface area contributed by atoms with Gasteiger partial charge in [-0.25, -0.2) is 0 Å². The van der Waals surface area contributed by atoms with Gasteiger partial charge in [0.05, 0.1) is 11.9 Å². The minimum absolute atomic E-state index is 0.259. The van der Waals surface area contributed by atoms with Crippen LogP contribution in [0, 0.1) is 0 Å². The van der Waals surface area contributed by atoms with E-state index in [1.54, 1.807) is 18.8 Å². The predicted octanol–water partition coefficient (Wildman–Crippen LogP) is 1.98. The third kappa shape index (κ3) is 2.48. The molecule has 6 heteroatoms. The number of aryl methyl sites for hydroxylation is 1. The van der Waals surface area contributed by atoms with Crippen molar-refractivity contribution in [1.29, 1.82) is 0 Å². The molecule has 1 amide bonds. The van der Waals surface area contributed by atoms with Gasteiger partial charge in [-0.05, 0) is 24.5 Å². The molecular formula is C12H14N4OS. The number of anilines is 2. The number of nitrogens with zero attached hydrogens (tertiary/aromatic N) is 2. The van der Waals surface area contributed by atoms with Gasteiger partial charge < -0.3 is 11.1 Å². The summed E-state index contributed by atoms with van der Waals surface area (Å²) in [5, 5.41) is 6.75. The molecule has 0 radical (unpaired) electrons. The number of nitrogens with one attached hydrogen (secondary N) is 1. The summed E-state index contributed by atoms with van der Waals surface area (Å²) in [5.74, 6) is -0.259. The smallest absolute Gasteiger partial charge is 0.276 e. The molecule has 2 rings (SSSR count). The first-order valence-corrected chi connectivity index (χ1v) is 6.57. The van der Waals surface area contributed by atoms with Gasteiger partial charge in [-0.2, -0.15) is 5.10 Å². The van der Waals surface area contributed by atoms with Crippen LogP contribution in [0.25, 0.3) is 0 Å². The lowest BCUT2D eigenvalue weighted by atomic mass is 10.3. The lowest BCUT2D eigenvalue weighted by Gasteiger charge is -2.07. The maximum Gasteiger partial charge on any atom is 0.276 e. The lowest BCUT2D eigenvalue weighted by Crippen LogP contribution is -2.17. The van der Waals surface area contributed by atoms with Crippen molar-refractivity contribution in [2.75, 3.05) is 17.3 Å². The highest BCUT2D eigenvalue weighted by Gasteiger charge is 2.14. The third-order valence-corrected chi connectivity index (χ3v) is 3.24. The molecule has 1 heterocycles. The molecule has 0 aliphatic rings. The number of rotatable bonds is 3. The number of nitrogen functional groups attached to an aromatic ring is 1. The fourth-order valence-electron chi connectivity index (χ4n) is 1.62. The summed E-state index contributed by atoms with van der Waals surface area (Å²) in [6, 6.07) is 7.63. The zero-order valence-electron chi connectivity index (χ0n) is 10.2. The molecule has 0 aliphatic heterocycles. The van der Waals surface area contributed by atoms with Crippen molar-refractivity contribution in [2.24, 2.45) is 7.05 Å². The highest BCUT2D eigenvalue weighted by Crippen LogP contribution is 2.20. The zero-order chi connectivity index (χ0) is 13.1. The molecule has 0 fully saturated rings. The summed E-state index contributed by atoms with van der Waals surface area (Å²) >= 11 is 1.62. The Morgan fingerprint density at radius 2 is 2.28 bits per heavy atom. The fraction of sp³-hybridized carbons (Fsp3) is 0.167. The maximum absolute atomic E-state index is 12.1. The summed E-state index contributed by atoms with van der Waals surface area (Å²) in [4.78, 5) is 13.1. The minimum Gasteiger partial charge on any atom is -0.396 e. The second-order valence-electron chi connectivity index (χ2n) is 3.76. The minimum atomic E-state index is -0.259. The standard InChI is InChI=1S/C12H14N4OS/c1-16-11(10(13)7-14-16)12(17)15-8-4-3-5-9(6-8)18-2/h3-7H,13H2,1-2H3,(H,15,17). The normalized spacial score (nSPS) is 10.3. The van der Waals surface area contributed by atoms with Crippen molar-refractivity contribution < 1.29 is 4.79 Å². The topological polar surface area (TPSA) is 72.9 Å². The second kappa shape index (κ2) is 5.14. The van der Waals surface area contributed by atoms with Gasteiger partial charge >= 0.3 is 0 Å².